The summed E-state index contributed by atoms with van der Waals surface area (Å²) in [7, 11) is -3.38. The van der Waals surface area contributed by atoms with Gasteiger partial charge in [0, 0.05) is 36.9 Å². The average molecular weight is 429 g/mol. The molecule has 3 N–H and O–H groups in total. The molecule has 0 radical (unpaired) electrons. The van der Waals surface area contributed by atoms with Gasteiger partial charge in [0.2, 0.25) is 11.7 Å². The second kappa shape index (κ2) is 9.95. The van der Waals surface area contributed by atoms with Gasteiger partial charge in [0.05, 0.1) is 11.5 Å². The van der Waals surface area contributed by atoms with Crippen molar-refractivity contribution in [1.29, 1.82) is 0 Å². The van der Waals surface area contributed by atoms with E-state index in [2.05, 4.69) is 5.32 Å². The largest absolute Gasteiger partial charge is 0.396 e. The Morgan fingerprint density at radius 1 is 1.17 bits per heavy atom. The van der Waals surface area contributed by atoms with E-state index in [0.29, 0.717) is 5.69 Å². The molecule has 0 saturated heterocycles. The number of nitrogens with zero attached hydrogens (tertiary/aromatic N) is 1. The summed E-state index contributed by atoms with van der Waals surface area (Å²) in [6, 6.07) is 5.60. The number of aliphatic hydroxyl groups is 2. The number of amides is 2. The van der Waals surface area contributed by atoms with Gasteiger partial charge in [-0.25, -0.2) is 8.42 Å². The molecule has 0 aliphatic carbocycles. The van der Waals surface area contributed by atoms with Crippen LogP contribution in [0.2, 0.25) is 0 Å². The molecular weight excluding hydrogens is 400 g/mol. The summed E-state index contributed by atoms with van der Waals surface area (Å²) in [6.45, 7) is 4.35. The van der Waals surface area contributed by atoms with Gasteiger partial charge >= 0.3 is 0 Å². The Bertz CT molecular complexity index is 848. The molecule has 0 aliphatic heterocycles. The lowest BCUT2D eigenvalue weighted by atomic mass is 9.87. The van der Waals surface area contributed by atoms with Crippen LogP contribution in [0, 0.1) is 5.41 Å². The molecule has 10 heteroatoms. The number of likely N-dealkylation sites (N-methyl/N-ethyl adjacent to an activating group) is 1. The number of hydrogen-bond donors (Lipinski definition) is 3. The van der Waals surface area contributed by atoms with Gasteiger partial charge in [0.15, 0.2) is 9.84 Å². The van der Waals surface area contributed by atoms with Crippen molar-refractivity contribution in [3.8, 4) is 0 Å². The van der Waals surface area contributed by atoms with Crippen LogP contribution in [-0.2, 0) is 24.2 Å². The van der Waals surface area contributed by atoms with Gasteiger partial charge in [-0.1, -0.05) is 13.8 Å². The fourth-order valence-corrected chi connectivity index (χ4v) is 3.04. The van der Waals surface area contributed by atoms with Crippen LogP contribution in [0.25, 0.3) is 0 Å². The van der Waals surface area contributed by atoms with Gasteiger partial charge in [-0.2, -0.15) is 0 Å². The van der Waals surface area contributed by atoms with E-state index in [9.17, 15) is 33.0 Å². The van der Waals surface area contributed by atoms with Crippen molar-refractivity contribution in [1.82, 2.24) is 5.32 Å². The molecular formula is C19H28N2O7S. The van der Waals surface area contributed by atoms with E-state index in [0.717, 1.165) is 6.26 Å². The number of nitrogens with one attached hydrogen (secondary N) is 1. The fraction of sp³-hybridized carbons (Fsp3) is 0.526. The van der Waals surface area contributed by atoms with E-state index in [4.69, 9.17) is 0 Å². The SMILES string of the molecule is CCN(C(=O)C(=O)CCNC(=O)C(O)C(C)(C)CO)c1ccc(S(C)(=O)=O)cc1. The average Bonchev–Trinajstić information content (AvgIpc) is 2.67. The lowest BCUT2D eigenvalue weighted by molar-refractivity contribution is -0.138. The number of carbonyl (C=O) groups excluding carboxylic acids is 3. The number of Topliss-reactive ketones (excluding diaryl/α,β-unsaturated/α-hetero) is 1. The molecule has 0 saturated carbocycles. The van der Waals surface area contributed by atoms with Gasteiger partial charge in [-0.15, -0.1) is 0 Å². The first-order chi connectivity index (χ1) is 13.3. The van der Waals surface area contributed by atoms with Crippen LogP contribution in [0.3, 0.4) is 0 Å². The molecule has 1 aromatic carbocycles. The Kier molecular flexibility index (Phi) is 8.49. The molecule has 2 amide bonds. The highest BCUT2D eigenvalue weighted by Crippen LogP contribution is 2.20. The van der Waals surface area contributed by atoms with Crippen molar-refractivity contribution < 1.29 is 33.0 Å². The van der Waals surface area contributed by atoms with Gasteiger partial charge in [0.25, 0.3) is 5.91 Å². The maximum Gasteiger partial charge on any atom is 0.294 e. The van der Waals surface area contributed by atoms with Crippen LogP contribution in [0.1, 0.15) is 27.2 Å². The molecule has 1 unspecified atom stereocenters. The monoisotopic (exact) mass is 428 g/mol. The maximum absolute atomic E-state index is 12.4. The van der Waals surface area contributed by atoms with Crippen LogP contribution >= 0.6 is 0 Å². The predicted octanol–water partition coefficient (Wildman–Crippen LogP) is -0.102. The van der Waals surface area contributed by atoms with E-state index in [1.165, 1.54) is 43.0 Å². The first-order valence-corrected chi connectivity index (χ1v) is 11.0. The van der Waals surface area contributed by atoms with Crippen molar-refractivity contribution in [2.24, 2.45) is 5.41 Å². The van der Waals surface area contributed by atoms with Crippen molar-refractivity contribution in [3.63, 3.8) is 0 Å². The summed E-state index contributed by atoms with van der Waals surface area (Å²) in [5.41, 5.74) is -0.663. The van der Waals surface area contributed by atoms with E-state index in [1.54, 1.807) is 6.92 Å². The second-order valence-corrected chi connectivity index (χ2v) is 9.34. The Balaban J connectivity index is 2.72. The molecule has 0 bridgehead atoms. The maximum atomic E-state index is 12.4. The molecule has 1 atom stereocenters. The number of carbonyl (C=O) groups is 3. The van der Waals surface area contributed by atoms with E-state index >= 15 is 0 Å². The normalized spacial score (nSPS) is 12.9. The first kappa shape index (κ1) is 24.7. The van der Waals surface area contributed by atoms with Crippen LogP contribution in [0.4, 0.5) is 5.69 Å². The Morgan fingerprint density at radius 2 is 1.72 bits per heavy atom. The summed E-state index contributed by atoms with van der Waals surface area (Å²) in [4.78, 5) is 37.8. The van der Waals surface area contributed by atoms with E-state index in [-0.39, 0.29) is 24.4 Å². The van der Waals surface area contributed by atoms with Gasteiger partial charge in [0.1, 0.15) is 6.10 Å². The minimum absolute atomic E-state index is 0.100. The lowest BCUT2D eigenvalue weighted by Crippen LogP contribution is -2.46. The molecule has 1 rings (SSSR count). The molecule has 29 heavy (non-hydrogen) atoms. The van der Waals surface area contributed by atoms with Crippen molar-refractivity contribution >= 4 is 33.1 Å². The van der Waals surface area contributed by atoms with Crippen molar-refractivity contribution in [3.05, 3.63) is 24.3 Å². The van der Waals surface area contributed by atoms with Crippen molar-refractivity contribution in [2.45, 2.75) is 38.2 Å². The first-order valence-electron chi connectivity index (χ1n) is 9.06. The number of aliphatic hydroxyl groups excluding tert-OH is 2. The number of ketones is 1. The zero-order chi connectivity index (χ0) is 22.4. The van der Waals surface area contributed by atoms with Crippen LogP contribution in [0.15, 0.2) is 29.2 Å². The molecule has 9 nitrogen and oxygen atoms in total. The zero-order valence-corrected chi connectivity index (χ0v) is 17.8. The molecule has 0 aromatic heterocycles. The third-order valence-electron chi connectivity index (χ3n) is 4.42. The van der Waals surface area contributed by atoms with Crippen molar-refractivity contribution in [2.75, 3.05) is 30.9 Å². The smallest absolute Gasteiger partial charge is 0.294 e. The van der Waals surface area contributed by atoms with Crippen LogP contribution in [-0.4, -0.2) is 68.3 Å². The van der Waals surface area contributed by atoms with E-state index in [1.807, 2.05) is 0 Å². The third-order valence-corrected chi connectivity index (χ3v) is 5.55. The van der Waals surface area contributed by atoms with Gasteiger partial charge in [-0.05, 0) is 31.2 Å². The lowest BCUT2D eigenvalue weighted by Gasteiger charge is -2.27. The zero-order valence-electron chi connectivity index (χ0n) is 17.0. The molecule has 0 heterocycles. The predicted molar refractivity (Wildman–Crippen MR) is 107 cm³/mol. The summed E-state index contributed by atoms with van der Waals surface area (Å²) < 4.78 is 23.1. The Labute approximate surface area is 170 Å². The number of anilines is 1. The Morgan fingerprint density at radius 3 is 2.17 bits per heavy atom. The standard InChI is InChI=1S/C19H28N2O7S/c1-5-21(13-6-8-14(9-7-13)29(4,27)28)18(26)15(23)10-11-20-17(25)16(24)19(2,3)12-22/h6-9,16,22,24H,5,10-12H2,1-4H3,(H,20,25). The molecule has 1 aromatic rings. The molecule has 162 valence electrons. The number of rotatable bonds is 10. The van der Waals surface area contributed by atoms with Crippen LogP contribution in [0.5, 0.6) is 0 Å². The molecule has 0 fully saturated rings. The highest BCUT2D eigenvalue weighted by molar-refractivity contribution is 7.90. The molecule has 0 spiro atoms. The molecule has 0 aliphatic rings. The minimum atomic E-state index is -3.38. The minimum Gasteiger partial charge on any atom is -0.396 e. The highest BCUT2D eigenvalue weighted by Gasteiger charge is 2.33. The summed E-state index contributed by atoms with van der Waals surface area (Å²) in [6.07, 6.45) is -0.658. The highest BCUT2D eigenvalue weighted by atomic mass is 32.2. The van der Waals surface area contributed by atoms with Crippen LogP contribution < -0.4 is 10.2 Å². The quantitative estimate of drug-likeness (QED) is 0.442. The summed E-state index contributed by atoms with van der Waals surface area (Å²) >= 11 is 0. The topological polar surface area (TPSA) is 141 Å². The van der Waals surface area contributed by atoms with Gasteiger partial charge < -0.3 is 20.4 Å². The fourth-order valence-electron chi connectivity index (χ4n) is 2.41. The number of sulfone groups is 1. The number of hydrogen-bond acceptors (Lipinski definition) is 7. The third kappa shape index (κ3) is 6.62. The summed E-state index contributed by atoms with van der Waals surface area (Å²) in [5, 5.41) is 21.5. The Hall–Kier alpha value is -2.30. The summed E-state index contributed by atoms with van der Waals surface area (Å²) in [5.74, 6) is -2.27. The van der Waals surface area contributed by atoms with E-state index < -0.39 is 45.6 Å². The second-order valence-electron chi connectivity index (χ2n) is 7.33. The van der Waals surface area contributed by atoms with Gasteiger partial charge in [-0.3, -0.25) is 14.4 Å². The number of benzene rings is 1.